The molecule has 0 atom stereocenters. The van der Waals surface area contributed by atoms with Crippen LogP contribution in [0.1, 0.15) is 30.5 Å². The van der Waals surface area contributed by atoms with E-state index in [4.69, 9.17) is 19.4 Å². The molecule has 7 nitrogen and oxygen atoms in total. The number of hydrogen-bond acceptors (Lipinski definition) is 5. The van der Waals surface area contributed by atoms with Gasteiger partial charge in [-0.3, -0.25) is 0 Å². The fraction of sp³-hybridized carbons (Fsp3) is 0.0448. The molecule has 1 aliphatic carbocycles. The largest absolute Gasteiger partial charge is 0.456 e. The highest BCUT2D eigenvalue weighted by molar-refractivity contribution is 6.26. The second-order valence-corrected chi connectivity index (χ2v) is 19.8. The number of aromatic nitrogens is 5. The molecule has 10 aromatic carbocycles. The summed E-state index contributed by atoms with van der Waals surface area (Å²) < 4.78 is 10.9. The van der Waals surface area contributed by atoms with E-state index in [0.717, 1.165) is 99.2 Å². The standard InChI is InChI=1S/C67H42N6O/c1-67(2)54-24-12-8-19-46(54)47-31-30-44(38-55(47)67)72-58-26-14-10-23-52(58)62-59(72)34-32-50-48-20-9-13-25-57(48)73(63(50)62)56-33-28-41(36-43(56)39-68)64-69-65(42-29-35-61-53(37-42)49-21-11-15-27-60(49)74-61)71-66(70-64)51-22-7-6-18-45(51)40-16-4-3-5-17-40/h3-38H,1-2H3. The molecule has 14 aromatic rings. The van der Waals surface area contributed by atoms with Gasteiger partial charge in [0, 0.05) is 60.1 Å². The average Bonchev–Trinajstić information content (AvgIpc) is 4.18. The van der Waals surface area contributed by atoms with Crippen LogP contribution in [-0.4, -0.2) is 24.1 Å². The monoisotopic (exact) mass is 946 g/mol. The average molecular weight is 947 g/mol. The summed E-state index contributed by atoms with van der Waals surface area (Å²) in [6, 6.07) is 78.9. The summed E-state index contributed by atoms with van der Waals surface area (Å²) in [4.78, 5) is 15.7. The minimum Gasteiger partial charge on any atom is -0.456 e. The van der Waals surface area contributed by atoms with Gasteiger partial charge in [0.1, 0.15) is 17.2 Å². The number of hydrogen-bond donors (Lipinski definition) is 0. The molecular formula is C67H42N6O. The Kier molecular flexibility index (Phi) is 8.93. The maximum absolute atomic E-state index is 11.3. The van der Waals surface area contributed by atoms with Crippen LogP contribution in [0.2, 0.25) is 0 Å². The van der Waals surface area contributed by atoms with Gasteiger partial charge in [-0.25, -0.2) is 15.0 Å². The van der Waals surface area contributed by atoms with E-state index in [1.807, 2.05) is 72.8 Å². The van der Waals surface area contributed by atoms with Gasteiger partial charge in [-0.05, 0) is 106 Å². The minimum atomic E-state index is -0.152. The van der Waals surface area contributed by atoms with Crippen molar-refractivity contribution in [3.05, 3.63) is 235 Å². The summed E-state index contributed by atoms with van der Waals surface area (Å²) in [6.07, 6.45) is 0. The fourth-order valence-corrected chi connectivity index (χ4v) is 12.0. The van der Waals surface area contributed by atoms with Crippen LogP contribution in [0.15, 0.2) is 223 Å². The Morgan fingerprint density at radius 2 is 1.04 bits per heavy atom. The molecular weight excluding hydrogens is 905 g/mol. The van der Waals surface area contributed by atoms with Gasteiger partial charge in [0.25, 0.3) is 0 Å². The molecule has 0 aliphatic heterocycles. The summed E-state index contributed by atoms with van der Waals surface area (Å²) in [6.45, 7) is 4.67. The molecule has 0 radical (unpaired) electrons. The number of nitriles is 1. The molecule has 74 heavy (non-hydrogen) atoms. The Balaban J connectivity index is 0.938. The van der Waals surface area contributed by atoms with E-state index in [1.165, 1.54) is 22.3 Å². The Morgan fingerprint density at radius 1 is 0.419 bits per heavy atom. The molecule has 15 rings (SSSR count). The van der Waals surface area contributed by atoms with Crippen LogP contribution >= 0.6 is 0 Å². The number of furan rings is 1. The number of rotatable bonds is 6. The molecule has 0 amide bonds. The van der Waals surface area contributed by atoms with Crippen molar-refractivity contribution >= 4 is 65.6 Å². The molecule has 0 bridgehead atoms. The maximum Gasteiger partial charge on any atom is 0.164 e. The maximum atomic E-state index is 11.3. The van der Waals surface area contributed by atoms with E-state index in [0.29, 0.717) is 28.6 Å². The van der Waals surface area contributed by atoms with E-state index in [2.05, 4.69) is 175 Å². The highest BCUT2D eigenvalue weighted by Gasteiger charge is 2.35. The molecule has 1 aliphatic rings. The predicted octanol–water partition coefficient (Wildman–Crippen LogP) is 16.8. The van der Waals surface area contributed by atoms with Crippen molar-refractivity contribution < 1.29 is 4.42 Å². The fourth-order valence-electron chi connectivity index (χ4n) is 12.0. The van der Waals surface area contributed by atoms with Crippen LogP contribution < -0.4 is 0 Å². The first-order valence-corrected chi connectivity index (χ1v) is 25.0. The molecule has 0 saturated heterocycles. The van der Waals surface area contributed by atoms with Gasteiger partial charge in [0.2, 0.25) is 0 Å². The molecule has 4 aromatic heterocycles. The Bertz CT molecular complexity index is 4720. The lowest BCUT2D eigenvalue weighted by molar-refractivity contribution is 0.660. The lowest BCUT2D eigenvalue weighted by atomic mass is 9.82. The normalized spacial score (nSPS) is 12.8. The van der Waals surface area contributed by atoms with Crippen LogP contribution in [0.25, 0.3) is 133 Å². The van der Waals surface area contributed by atoms with E-state index >= 15 is 0 Å². The molecule has 4 heterocycles. The predicted molar refractivity (Wildman–Crippen MR) is 300 cm³/mol. The number of para-hydroxylation sites is 3. The van der Waals surface area contributed by atoms with Gasteiger partial charge in [0.05, 0.1) is 33.3 Å². The second kappa shape index (κ2) is 15.8. The molecule has 346 valence electrons. The Labute approximate surface area is 425 Å². The zero-order valence-electron chi connectivity index (χ0n) is 40.4. The Hall–Kier alpha value is -9.90. The highest BCUT2D eigenvalue weighted by Crippen LogP contribution is 2.50. The second-order valence-electron chi connectivity index (χ2n) is 19.8. The van der Waals surface area contributed by atoms with Crippen molar-refractivity contribution in [1.82, 2.24) is 24.1 Å². The van der Waals surface area contributed by atoms with Crippen LogP contribution in [0.5, 0.6) is 0 Å². The van der Waals surface area contributed by atoms with Gasteiger partial charge >= 0.3 is 0 Å². The van der Waals surface area contributed by atoms with Gasteiger partial charge in [0.15, 0.2) is 17.5 Å². The number of nitrogens with zero attached hydrogens (tertiary/aromatic N) is 6. The van der Waals surface area contributed by atoms with Gasteiger partial charge in [-0.15, -0.1) is 0 Å². The number of fused-ring (bicyclic) bond motifs is 13. The van der Waals surface area contributed by atoms with Crippen molar-refractivity contribution in [2.24, 2.45) is 0 Å². The quantitative estimate of drug-likeness (QED) is 0.166. The SMILES string of the molecule is CC1(C)c2ccccc2-c2ccc(-n3c4ccccc4c4c3ccc3c5ccccc5n(-c5ccc(-c6nc(-c7ccc8oc9ccccc9c8c7)nc(-c7ccccc7-c7ccccc7)n6)cc5C#N)c34)cc21. The van der Waals surface area contributed by atoms with Crippen molar-refractivity contribution in [3.63, 3.8) is 0 Å². The first-order valence-electron chi connectivity index (χ1n) is 25.0. The van der Waals surface area contributed by atoms with Crippen molar-refractivity contribution in [2.45, 2.75) is 19.3 Å². The van der Waals surface area contributed by atoms with Crippen LogP contribution in [-0.2, 0) is 5.41 Å². The summed E-state index contributed by atoms with van der Waals surface area (Å²) in [5.41, 5.74) is 17.8. The van der Waals surface area contributed by atoms with E-state index in [-0.39, 0.29) is 5.41 Å². The summed E-state index contributed by atoms with van der Waals surface area (Å²) >= 11 is 0. The summed E-state index contributed by atoms with van der Waals surface area (Å²) in [5.74, 6) is 1.50. The van der Waals surface area contributed by atoms with Crippen molar-refractivity contribution in [3.8, 4) is 73.9 Å². The van der Waals surface area contributed by atoms with Gasteiger partial charge in [-0.2, -0.15) is 5.26 Å². The van der Waals surface area contributed by atoms with Crippen LogP contribution in [0, 0.1) is 11.3 Å². The van der Waals surface area contributed by atoms with Gasteiger partial charge < -0.3 is 13.6 Å². The van der Waals surface area contributed by atoms with Crippen LogP contribution in [0.4, 0.5) is 0 Å². The van der Waals surface area contributed by atoms with Gasteiger partial charge in [-0.1, -0.05) is 159 Å². The first kappa shape index (κ1) is 41.8. The lowest BCUT2D eigenvalue weighted by Crippen LogP contribution is -2.15. The first-order chi connectivity index (χ1) is 36.4. The Morgan fingerprint density at radius 3 is 1.85 bits per heavy atom. The zero-order valence-corrected chi connectivity index (χ0v) is 40.4. The highest BCUT2D eigenvalue weighted by atomic mass is 16.3. The smallest absolute Gasteiger partial charge is 0.164 e. The third kappa shape index (κ3) is 6.09. The zero-order chi connectivity index (χ0) is 49.2. The van der Waals surface area contributed by atoms with E-state index in [1.54, 1.807) is 0 Å². The van der Waals surface area contributed by atoms with Crippen LogP contribution in [0.3, 0.4) is 0 Å². The third-order valence-corrected chi connectivity index (χ3v) is 15.4. The number of benzene rings is 10. The lowest BCUT2D eigenvalue weighted by Gasteiger charge is -2.22. The summed E-state index contributed by atoms with van der Waals surface area (Å²) in [7, 11) is 0. The molecule has 0 fully saturated rings. The molecule has 7 heteroatoms. The van der Waals surface area contributed by atoms with Crippen molar-refractivity contribution in [1.29, 1.82) is 5.26 Å². The molecule has 0 N–H and O–H groups in total. The molecule has 0 unspecified atom stereocenters. The molecule has 0 spiro atoms. The third-order valence-electron chi connectivity index (χ3n) is 15.4. The topological polar surface area (TPSA) is 85.5 Å². The minimum absolute atomic E-state index is 0.152. The van der Waals surface area contributed by atoms with E-state index < -0.39 is 0 Å². The van der Waals surface area contributed by atoms with E-state index in [9.17, 15) is 5.26 Å². The molecule has 0 saturated carbocycles. The van der Waals surface area contributed by atoms with Crippen molar-refractivity contribution in [2.75, 3.05) is 0 Å². The summed E-state index contributed by atoms with van der Waals surface area (Å²) in [5, 5.41) is 17.8.